The van der Waals surface area contributed by atoms with E-state index in [0.29, 0.717) is 5.82 Å². The van der Waals surface area contributed by atoms with Crippen molar-refractivity contribution in [2.45, 2.75) is 19.3 Å². The second-order valence-electron chi connectivity index (χ2n) is 16.5. The van der Waals surface area contributed by atoms with E-state index in [1.807, 2.05) is 35.6 Å². The van der Waals surface area contributed by atoms with Crippen molar-refractivity contribution < 1.29 is 0 Å². The first-order valence-corrected chi connectivity index (χ1v) is 21.4. The number of para-hydroxylation sites is 3. The third-order valence-electron chi connectivity index (χ3n) is 12.9. The van der Waals surface area contributed by atoms with Gasteiger partial charge in [0.25, 0.3) is 0 Å². The van der Waals surface area contributed by atoms with Gasteiger partial charge in [-0.25, -0.2) is 9.97 Å². The molecule has 0 atom stereocenters. The maximum atomic E-state index is 5.24. The van der Waals surface area contributed by atoms with Crippen molar-refractivity contribution in [1.29, 1.82) is 0 Å². The summed E-state index contributed by atoms with van der Waals surface area (Å²) in [7, 11) is 0. The first kappa shape index (κ1) is 33.6. The van der Waals surface area contributed by atoms with Gasteiger partial charge in [-0.2, -0.15) is 0 Å². The molecule has 8 aromatic carbocycles. The average Bonchev–Trinajstić information content (AvgIpc) is 3.97. The molecule has 1 aliphatic heterocycles. The Morgan fingerprint density at radius 2 is 1.05 bits per heavy atom. The number of fused-ring (bicyclic) bond motifs is 14. The van der Waals surface area contributed by atoms with Crippen molar-refractivity contribution in [2.24, 2.45) is 0 Å². The van der Waals surface area contributed by atoms with Gasteiger partial charge < -0.3 is 9.13 Å². The number of rotatable bonds is 4. The molecule has 0 fully saturated rings. The van der Waals surface area contributed by atoms with E-state index < -0.39 is 0 Å². The summed E-state index contributed by atoms with van der Waals surface area (Å²) in [5.41, 5.74) is 14.8. The van der Waals surface area contributed by atoms with Gasteiger partial charge >= 0.3 is 0 Å². The Labute approximate surface area is 350 Å². The maximum Gasteiger partial charge on any atom is 0.160 e. The van der Waals surface area contributed by atoms with E-state index in [2.05, 4.69) is 181 Å². The highest BCUT2D eigenvalue weighted by Crippen LogP contribution is 2.54. The van der Waals surface area contributed by atoms with E-state index >= 15 is 0 Å². The van der Waals surface area contributed by atoms with Crippen LogP contribution in [0.4, 0.5) is 0 Å². The Bertz CT molecular complexity index is 3680. The zero-order valence-corrected chi connectivity index (χ0v) is 33.8. The fourth-order valence-corrected chi connectivity index (χ4v) is 11.5. The topological polar surface area (TPSA) is 35.6 Å². The van der Waals surface area contributed by atoms with Crippen LogP contribution in [0.3, 0.4) is 0 Å². The van der Waals surface area contributed by atoms with Crippen LogP contribution in [0.15, 0.2) is 182 Å². The lowest BCUT2D eigenvalue weighted by Crippen LogP contribution is -2.26. The summed E-state index contributed by atoms with van der Waals surface area (Å²) in [6.07, 6.45) is 0. The molecule has 282 valence electrons. The third kappa shape index (κ3) is 4.55. The molecule has 0 unspecified atom stereocenters. The van der Waals surface area contributed by atoms with Crippen molar-refractivity contribution in [3.63, 3.8) is 0 Å². The minimum atomic E-state index is -0.158. The van der Waals surface area contributed by atoms with Crippen LogP contribution in [0.1, 0.15) is 25.0 Å². The Hall–Kier alpha value is -7.34. The molecule has 0 saturated carbocycles. The normalized spacial score (nSPS) is 13.3. The van der Waals surface area contributed by atoms with E-state index in [9.17, 15) is 0 Å². The molecule has 0 radical (unpaired) electrons. The zero-order valence-electron chi connectivity index (χ0n) is 33.0. The van der Waals surface area contributed by atoms with Gasteiger partial charge in [0.15, 0.2) is 5.82 Å². The average molecular weight is 785 g/mol. The quantitative estimate of drug-likeness (QED) is 0.178. The highest BCUT2D eigenvalue weighted by Gasteiger charge is 2.37. The highest BCUT2D eigenvalue weighted by molar-refractivity contribution is 7.27. The summed E-state index contributed by atoms with van der Waals surface area (Å²) < 4.78 is 7.75. The first-order chi connectivity index (χ1) is 29.5. The van der Waals surface area contributed by atoms with Crippen LogP contribution in [0.25, 0.3) is 109 Å². The molecule has 13 rings (SSSR count). The van der Waals surface area contributed by atoms with E-state index in [0.717, 1.165) is 33.8 Å². The summed E-state index contributed by atoms with van der Waals surface area (Å²) in [4.78, 5) is 10.3. The second-order valence-corrected chi connectivity index (χ2v) is 17.6. The Kier molecular flexibility index (Phi) is 6.91. The molecule has 12 aromatic rings. The molecule has 5 heterocycles. The summed E-state index contributed by atoms with van der Waals surface area (Å²) in [6.45, 7) is 4.77. The minimum absolute atomic E-state index is 0.158. The number of benzene rings is 8. The maximum absolute atomic E-state index is 5.24. The van der Waals surface area contributed by atoms with Crippen molar-refractivity contribution in [2.75, 3.05) is 0 Å². The number of aromatic nitrogens is 4. The number of nitrogens with zero attached hydrogens (tertiary/aromatic N) is 4. The molecule has 0 saturated heterocycles. The monoisotopic (exact) mass is 784 g/mol. The van der Waals surface area contributed by atoms with Crippen molar-refractivity contribution in [3.05, 3.63) is 193 Å². The van der Waals surface area contributed by atoms with Crippen LogP contribution in [-0.4, -0.2) is 19.1 Å². The van der Waals surface area contributed by atoms with Crippen LogP contribution in [-0.2, 0) is 5.41 Å². The second kappa shape index (κ2) is 12.3. The molecule has 0 N–H and O–H groups in total. The van der Waals surface area contributed by atoms with Gasteiger partial charge in [0.05, 0.1) is 39.1 Å². The van der Waals surface area contributed by atoms with Crippen molar-refractivity contribution in [1.82, 2.24) is 19.1 Å². The molecule has 0 spiro atoms. The predicted octanol–water partition coefficient (Wildman–Crippen LogP) is 14.7. The fourth-order valence-electron chi connectivity index (χ4n) is 10.2. The molecular formula is C55H36N4S. The highest BCUT2D eigenvalue weighted by atomic mass is 32.1. The lowest BCUT2D eigenvalue weighted by Gasteiger charge is -2.34. The summed E-state index contributed by atoms with van der Waals surface area (Å²) in [5.74, 6) is 0.708. The van der Waals surface area contributed by atoms with Gasteiger partial charge in [0.1, 0.15) is 0 Å². The molecular weight excluding hydrogens is 749 g/mol. The minimum Gasteiger partial charge on any atom is -0.308 e. The van der Waals surface area contributed by atoms with Gasteiger partial charge in [-0.1, -0.05) is 159 Å². The lowest BCUT2D eigenvalue weighted by molar-refractivity contribution is 0.630. The molecule has 5 heteroatoms. The molecule has 1 aliphatic rings. The third-order valence-corrected chi connectivity index (χ3v) is 14.1. The predicted molar refractivity (Wildman–Crippen MR) is 252 cm³/mol. The molecule has 0 aliphatic carbocycles. The fraction of sp³-hybridized carbons (Fsp3) is 0.0545. The molecule has 4 aromatic heterocycles. The summed E-state index contributed by atoms with van der Waals surface area (Å²) in [6, 6.07) is 65.8. The lowest BCUT2D eigenvalue weighted by atomic mass is 9.75. The van der Waals surface area contributed by atoms with Gasteiger partial charge in [0.2, 0.25) is 0 Å². The summed E-state index contributed by atoms with van der Waals surface area (Å²) in [5, 5.41) is 7.75. The van der Waals surface area contributed by atoms with E-state index in [-0.39, 0.29) is 5.41 Å². The van der Waals surface area contributed by atoms with Crippen LogP contribution in [0.5, 0.6) is 0 Å². The van der Waals surface area contributed by atoms with Gasteiger partial charge in [-0.05, 0) is 47.5 Å². The summed E-state index contributed by atoms with van der Waals surface area (Å²) >= 11 is 1.92. The standard InChI is InChI=1S/C55H36N4S/c1-55(2)40-26-11-13-29-45(40)59-50-39(25-16-27-41(50)55)49-52(59)47-37-23-9-12-28-44(37)58(51(47)48-38-24-10-14-30-46(38)60-53(48)49)36-22-15-21-35(31-36)43-32-42(33-17-5-3-6-18-33)56-54(57-43)34-19-7-4-8-20-34/h3-32H,1-2H3. The van der Waals surface area contributed by atoms with Gasteiger partial charge in [0, 0.05) is 69.5 Å². The largest absolute Gasteiger partial charge is 0.308 e. The Morgan fingerprint density at radius 3 is 1.88 bits per heavy atom. The molecule has 60 heavy (non-hydrogen) atoms. The van der Waals surface area contributed by atoms with E-state index in [4.69, 9.17) is 9.97 Å². The number of hydrogen-bond acceptors (Lipinski definition) is 3. The first-order valence-electron chi connectivity index (χ1n) is 20.6. The van der Waals surface area contributed by atoms with E-state index in [1.165, 1.54) is 80.6 Å². The number of hydrogen-bond donors (Lipinski definition) is 0. The smallest absolute Gasteiger partial charge is 0.160 e. The van der Waals surface area contributed by atoms with Crippen molar-refractivity contribution >= 4 is 75.1 Å². The van der Waals surface area contributed by atoms with Gasteiger partial charge in [-0.3, -0.25) is 0 Å². The zero-order chi connectivity index (χ0) is 39.7. The molecule has 0 amide bonds. The molecule has 4 nitrogen and oxygen atoms in total. The van der Waals surface area contributed by atoms with Crippen LogP contribution in [0, 0.1) is 0 Å². The SMILES string of the molecule is CC1(C)c2ccccc2-n2c3c1cccc3c1c3sc4ccccc4c3c3c(c4ccccc4n3-c3cccc(-c4cc(-c5ccccc5)nc(-c5ccccc5)n4)c3)c12. The van der Waals surface area contributed by atoms with Crippen LogP contribution < -0.4 is 0 Å². The van der Waals surface area contributed by atoms with Crippen LogP contribution >= 0.6 is 11.3 Å². The Balaban J connectivity index is 1.18. The number of thiophene rings is 1. The van der Waals surface area contributed by atoms with Crippen LogP contribution in [0.2, 0.25) is 0 Å². The molecule has 0 bridgehead atoms. The van der Waals surface area contributed by atoms with E-state index in [1.54, 1.807) is 0 Å². The van der Waals surface area contributed by atoms with Gasteiger partial charge in [-0.15, -0.1) is 11.3 Å². The Morgan fingerprint density at radius 1 is 0.450 bits per heavy atom. The van der Waals surface area contributed by atoms with Crippen molar-refractivity contribution in [3.8, 4) is 45.3 Å².